The number of nitrogens with one attached hydrogen (secondary N) is 1. The molecule has 3 heteroatoms. The minimum atomic E-state index is 0.238. The van der Waals surface area contributed by atoms with Crippen LogP contribution in [0.5, 0.6) is 0 Å². The second kappa shape index (κ2) is 11.0. The van der Waals surface area contributed by atoms with Crippen molar-refractivity contribution in [2.24, 2.45) is 10.7 Å². The van der Waals surface area contributed by atoms with Crippen molar-refractivity contribution in [3.8, 4) is 22.3 Å². The second-order valence-electron chi connectivity index (χ2n) is 9.06. The number of aryl methyl sites for hydroxylation is 1. The van der Waals surface area contributed by atoms with Gasteiger partial charge in [-0.05, 0) is 58.5 Å². The maximum absolute atomic E-state index is 8.66. The molecule has 0 aliphatic carbocycles. The largest absolute Gasteiger partial charge is 0.326 e. The lowest BCUT2D eigenvalue weighted by Crippen LogP contribution is -2.08. The zero-order valence-electron chi connectivity index (χ0n) is 20.9. The number of hydrogen-bond donors (Lipinski definition) is 2. The summed E-state index contributed by atoms with van der Waals surface area (Å²) in [5, 5.41) is 8.66. The Morgan fingerprint density at radius 2 is 1.24 bits per heavy atom. The topological polar surface area (TPSA) is 62.2 Å². The summed E-state index contributed by atoms with van der Waals surface area (Å²) in [6.07, 6.45) is 0. The molecule has 0 saturated heterocycles. The Bertz CT molecular complexity index is 1570. The van der Waals surface area contributed by atoms with E-state index in [0.29, 0.717) is 6.54 Å². The van der Waals surface area contributed by atoms with Crippen molar-refractivity contribution in [1.29, 1.82) is 5.41 Å². The highest BCUT2D eigenvalue weighted by Crippen LogP contribution is 2.31. The minimum Gasteiger partial charge on any atom is -0.326 e. The van der Waals surface area contributed by atoms with E-state index >= 15 is 0 Å². The lowest BCUT2D eigenvalue weighted by atomic mass is 9.92. The van der Waals surface area contributed by atoms with Crippen LogP contribution < -0.4 is 5.73 Å². The van der Waals surface area contributed by atoms with Crippen LogP contribution in [0.4, 0.5) is 0 Å². The van der Waals surface area contributed by atoms with Gasteiger partial charge in [0.25, 0.3) is 0 Å². The fraction of sp³-hybridized carbons (Fsp3) is 0.0588. The van der Waals surface area contributed by atoms with Crippen molar-refractivity contribution in [3.05, 3.63) is 155 Å². The monoisotopic (exact) mass is 479 g/mol. The van der Waals surface area contributed by atoms with Crippen LogP contribution in [0.25, 0.3) is 22.3 Å². The van der Waals surface area contributed by atoms with Crippen LogP contribution in [0.2, 0.25) is 0 Å². The summed E-state index contributed by atoms with van der Waals surface area (Å²) in [6, 6.07) is 43.1. The first kappa shape index (κ1) is 24.1. The third-order valence-electron chi connectivity index (χ3n) is 6.50. The summed E-state index contributed by atoms with van der Waals surface area (Å²) < 4.78 is 0. The predicted octanol–water partition coefficient (Wildman–Crippen LogP) is 7.65. The molecule has 0 atom stereocenters. The van der Waals surface area contributed by atoms with Crippen LogP contribution in [-0.2, 0) is 6.54 Å². The maximum atomic E-state index is 8.66. The molecule has 3 nitrogen and oxygen atoms in total. The molecule has 5 aromatic rings. The molecule has 5 rings (SSSR count). The Morgan fingerprint density at radius 1 is 0.622 bits per heavy atom. The lowest BCUT2D eigenvalue weighted by Gasteiger charge is -2.13. The van der Waals surface area contributed by atoms with Crippen LogP contribution in [0.3, 0.4) is 0 Å². The summed E-state index contributed by atoms with van der Waals surface area (Å²) in [4.78, 5) is 4.81. The van der Waals surface area contributed by atoms with Crippen molar-refractivity contribution in [1.82, 2.24) is 0 Å². The van der Waals surface area contributed by atoms with E-state index in [0.717, 1.165) is 39.1 Å². The SMILES string of the molecule is Cc1ccc(-c2cccc(C(=NC(=N)c3ccccc3)c3ccccc3)c2)cc1-c1cccc(CN)c1. The highest BCUT2D eigenvalue weighted by Gasteiger charge is 2.12. The van der Waals surface area contributed by atoms with Crippen LogP contribution in [0.15, 0.2) is 132 Å². The quantitative estimate of drug-likeness (QED) is 0.191. The molecule has 0 aliphatic rings. The van der Waals surface area contributed by atoms with Gasteiger partial charge in [0, 0.05) is 23.2 Å². The normalized spacial score (nSPS) is 11.4. The first-order chi connectivity index (χ1) is 18.1. The highest BCUT2D eigenvalue weighted by atomic mass is 14.8. The van der Waals surface area contributed by atoms with Gasteiger partial charge in [-0.15, -0.1) is 0 Å². The summed E-state index contributed by atoms with van der Waals surface area (Å²) in [6.45, 7) is 2.66. The fourth-order valence-corrected chi connectivity index (χ4v) is 4.49. The van der Waals surface area contributed by atoms with Crippen LogP contribution in [0, 0.1) is 12.3 Å². The molecule has 0 saturated carbocycles. The van der Waals surface area contributed by atoms with Gasteiger partial charge in [-0.3, -0.25) is 5.41 Å². The molecule has 0 fully saturated rings. The molecule has 3 N–H and O–H groups in total. The van der Waals surface area contributed by atoms with E-state index in [4.69, 9.17) is 16.1 Å². The van der Waals surface area contributed by atoms with E-state index in [-0.39, 0.29) is 5.84 Å². The molecule has 5 aromatic carbocycles. The number of benzene rings is 5. The standard InChI is InChI=1S/C34H29N3/c1-24-18-19-29(22-32(24)30-16-8-10-25(20-30)23-35)28-15-9-17-31(21-28)33(26-11-4-2-5-12-26)37-34(36)27-13-6-3-7-14-27/h2-22,36H,23,35H2,1H3. The Kier molecular flexibility index (Phi) is 7.16. The lowest BCUT2D eigenvalue weighted by molar-refractivity contribution is 1.07. The van der Waals surface area contributed by atoms with Gasteiger partial charge in [0.1, 0.15) is 0 Å². The molecule has 0 unspecified atom stereocenters. The molecule has 0 aliphatic heterocycles. The Hall–Kier alpha value is -4.60. The third-order valence-corrected chi connectivity index (χ3v) is 6.50. The van der Waals surface area contributed by atoms with Gasteiger partial charge in [-0.1, -0.05) is 109 Å². The van der Waals surface area contributed by atoms with E-state index in [9.17, 15) is 0 Å². The zero-order chi connectivity index (χ0) is 25.6. The second-order valence-corrected chi connectivity index (χ2v) is 9.06. The molecule has 0 bridgehead atoms. The molecule has 0 amide bonds. The van der Waals surface area contributed by atoms with E-state index in [2.05, 4.69) is 73.7 Å². The average Bonchev–Trinajstić information content (AvgIpc) is 2.97. The number of nitrogens with two attached hydrogens (primary N) is 1. The number of nitrogens with zero attached hydrogens (tertiary/aromatic N) is 1. The van der Waals surface area contributed by atoms with Crippen LogP contribution >= 0.6 is 0 Å². The summed E-state index contributed by atoms with van der Waals surface area (Å²) in [5.74, 6) is 0.238. The predicted molar refractivity (Wildman–Crippen MR) is 155 cm³/mol. The van der Waals surface area contributed by atoms with Gasteiger partial charge in [0.05, 0.1) is 5.71 Å². The third kappa shape index (κ3) is 5.48. The van der Waals surface area contributed by atoms with Gasteiger partial charge in [0.2, 0.25) is 0 Å². The molecule has 0 aromatic heterocycles. The molecule has 0 radical (unpaired) electrons. The Balaban J connectivity index is 1.58. The van der Waals surface area contributed by atoms with E-state index in [1.807, 2.05) is 60.7 Å². The molecular formula is C34H29N3. The fourth-order valence-electron chi connectivity index (χ4n) is 4.49. The van der Waals surface area contributed by atoms with E-state index in [1.54, 1.807) is 0 Å². The number of rotatable bonds is 6. The van der Waals surface area contributed by atoms with Gasteiger partial charge >= 0.3 is 0 Å². The molecule has 0 spiro atoms. The molecule has 180 valence electrons. The molecular weight excluding hydrogens is 450 g/mol. The van der Waals surface area contributed by atoms with Crippen LogP contribution in [-0.4, -0.2) is 11.5 Å². The average molecular weight is 480 g/mol. The van der Waals surface area contributed by atoms with Crippen molar-refractivity contribution in [3.63, 3.8) is 0 Å². The van der Waals surface area contributed by atoms with Gasteiger partial charge in [-0.2, -0.15) is 0 Å². The summed E-state index contributed by atoms with van der Waals surface area (Å²) >= 11 is 0. The highest BCUT2D eigenvalue weighted by molar-refractivity contribution is 6.19. The minimum absolute atomic E-state index is 0.238. The summed E-state index contributed by atoms with van der Waals surface area (Å²) in [5.41, 5.74) is 16.3. The first-order valence-electron chi connectivity index (χ1n) is 12.4. The number of hydrogen-bond acceptors (Lipinski definition) is 2. The van der Waals surface area contributed by atoms with Gasteiger partial charge < -0.3 is 5.73 Å². The van der Waals surface area contributed by atoms with Crippen LogP contribution in [0.1, 0.15) is 27.8 Å². The van der Waals surface area contributed by atoms with E-state index in [1.165, 1.54) is 16.7 Å². The summed E-state index contributed by atoms with van der Waals surface area (Å²) in [7, 11) is 0. The van der Waals surface area contributed by atoms with Crippen molar-refractivity contribution >= 4 is 11.5 Å². The van der Waals surface area contributed by atoms with Crippen molar-refractivity contribution in [2.45, 2.75) is 13.5 Å². The Labute approximate surface area is 218 Å². The molecule has 37 heavy (non-hydrogen) atoms. The number of amidine groups is 1. The van der Waals surface area contributed by atoms with Gasteiger partial charge in [-0.25, -0.2) is 4.99 Å². The Morgan fingerprint density at radius 3 is 1.97 bits per heavy atom. The van der Waals surface area contributed by atoms with Crippen molar-refractivity contribution < 1.29 is 0 Å². The molecule has 0 heterocycles. The van der Waals surface area contributed by atoms with Crippen molar-refractivity contribution in [2.75, 3.05) is 0 Å². The van der Waals surface area contributed by atoms with E-state index < -0.39 is 0 Å². The number of aliphatic imine (C=N–C) groups is 1. The first-order valence-corrected chi connectivity index (χ1v) is 12.4. The zero-order valence-corrected chi connectivity index (χ0v) is 20.9. The van der Waals surface area contributed by atoms with Gasteiger partial charge in [0.15, 0.2) is 5.84 Å². The maximum Gasteiger partial charge on any atom is 0.152 e. The smallest absolute Gasteiger partial charge is 0.152 e.